The average molecular weight is 217 g/mol. The monoisotopic (exact) mass is 217 g/mol. The summed E-state index contributed by atoms with van der Waals surface area (Å²) < 4.78 is 0. The van der Waals surface area contributed by atoms with Crippen molar-refractivity contribution in [1.29, 1.82) is 0 Å². The van der Waals surface area contributed by atoms with Crippen LogP contribution in [0.2, 0.25) is 0 Å². The third kappa shape index (κ3) is 1.95. The summed E-state index contributed by atoms with van der Waals surface area (Å²) >= 11 is 0. The molecule has 0 aliphatic rings. The maximum Gasteiger partial charge on any atom is 0.316 e. The Morgan fingerprint density at radius 3 is 2.75 bits per heavy atom. The Kier molecular flexibility index (Phi) is 2.47. The summed E-state index contributed by atoms with van der Waals surface area (Å²) in [6.07, 6.45) is 0. The van der Waals surface area contributed by atoms with Crippen molar-refractivity contribution >= 4 is 17.5 Å². The zero-order chi connectivity index (χ0) is 11.5. The van der Waals surface area contributed by atoms with E-state index in [2.05, 4.69) is 15.5 Å². The largest absolute Gasteiger partial charge is 0.382 e. The van der Waals surface area contributed by atoms with Gasteiger partial charge in [0.2, 0.25) is 0 Å². The van der Waals surface area contributed by atoms with E-state index >= 15 is 0 Å². The van der Waals surface area contributed by atoms with Gasteiger partial charge in [0.05, 0.1) is 11.4 Å². The number of nitrogens with zero attached hydrogens (tertiary/aromatic N) is 1. The van der Waals surface area contributed by atoms with Gasteiger partial charge in [0.1, 0.15) is 5.82 Å². The molecule has 0 unspecified atom stereocenters. The van der Waals surface area contributed by atoms with Crippen LogP contribution in [0.25, 0.3) is 11.3 Å². The number of benzene rings is 1. The van der Waals surface area contributed by atoms with Gasteiger partial charge >= 0.3 is 6.03 Å². The van der Waals surface area contributed by atoms with Crippen molar-refractivity contribution in [1.82, 2.24) is 10.2 Å². The van der Waals surface area contributed by atoms with E-state index in [1.165, 1.54) is 0 Å². The number of rotatable bonds is 2. The number of anilines is 2. The van der Waals surface area contributed by atoms with Crippen molar-refractivity contribution in [3.05, 3.63) is 30.3 Å². The van der Waals surface area contributed by atoms with E-state index in [1.54, 1.807) is 18.2 Å². The van der Waals surface area contributed by atoms with Gasteiger partial charge in [-0.05, 0) is 6.07 Å². The van der Waals surface area contributed by atoms with Gasteiger partial charge in [-0.25, -0.2) is 4.79 Å². The van der Waals surface area contributed by atoms with E-state index < -0.39 is 6.03 Å². The number of nitrogens with two attached hydrogens (primary N) is 2. The van der Waals surface area contributed by atoms with Crippen LogP contribution in [0.5, 0.6) is 0 Å². The quantitative estimate of drug-likeness (QED) is 0.605. The number of para-hydroxylation sites is 1. The number of primary amides is 1. The number of aromatic amines is 1. The normalized spacial score (nSPS) is 10.0. The minimum Gasteiger partial charge on any atom is -0.382 e. The molecule has 1 aromatic carbocycles. The number of carbonyl (C=O) groups excluding carboxylic acids is 1. The fourth-order valence-electron chi connectivity index (χ4n) is 1.43. The number of aromatic nitrogens is 2. The zero-order valence-electron chi connectivity index (χ0n) is 8.40. The van der Waals surface area contributed by atoms with Crippen LogP contribution < -0.4 is 16.8 Å². The standard InChI is InChI=1S/C10H11N5O/c11-9-5-8(14-15-9)6-3-1-2-4-7(6)13-10(12)16/h1-5H,(H3,11,14,15)(H3,12,13,16). The molecule has 0 aliphatic carbocycles. The molecule has 0 radical (unpaired) electrons. The molecule has 0 saturated carbocycles. The van der Waals surface area contributed by atoms with Crippen molar-refractivity contribution in [2.75, 3.05) is 11.1 Å². The first-order valence-corrected chi connectivity index (χ1v) is 4.63. The maximum absolute atomic E-state index is 10.8. The van der Waals surface area contributed by atoms with Crippen molar-refractivity contribution in [3.8, 4) is 11.3 Å². The molecule has 0 saturated heterocycles. The van der Waals surface area contributed by atoms with Crippen molar-refractivity contribution in [2.24, 2.45) is 5.73 Å². The minimum absolute atomic E-state index is 0.392. The molecule has 6 heteroatoms. The summed E-state index contributed by atoms with van der Waals surface area (Å²) in [5.74, 6) is 0.392. The third-order valence-electron chi connectivity index (χ3n) is 2.07. The number of hydrogen-bond donors (Lipinski definition) is 4. The van der Waals surface area contributed by atoms with Crippen LogP contribution in [0.3, 0.4) is 0 Å². The summed E-state index contributed by atoms with van der Waals surface area (Å²) in [5.41, 5.74) is 12.7. The molecule has 6 N–H and O–H groups in total. The highest BCUT2D eigenvalue weighted by Gasteiger charge is 2.07. The molecule has 6 nitrogen and oxygen atoms in total. The number of carbonyl (C=O) groups is 1. The highest BCUT2D eigenvalue weighted by atomic mass is 16.2. The third-order valence-corrected chi connectivity index (χ3v) is 2.07. The molecule has 2 amide bonds. The predicted octanol–water partition coefficient (Wildman–Crippen LogP) is 1.15. The van der Waals surface area contributed by atoms with Crippen LogP contribution >= 0.6 is 0 Å². The van der Waals surface area contributed by atoms with Gasteiger partial charge in [-0.3, -0.25) is 5.10 Å². The molecule has 0 aliphatic heterocycles. The Hall–Kier alpha value is -2.50. The molecule has 2 rings (SSSR count). The lowest BCUT2D eigenvalue weighted by atomic mass is 10.1. The lowest BCUT2D eigenvalue weighted by molar-refractivity contribution is 0.259. The number of nitrogens with one attached hydrogen (secondary N) is 2. The first-order chi connectivity index (χ1) is 7.66. The number of urea groups is 1. The van der Waals surface area contributed by atoms with Gasteiger partial charge in [-0.2, -0.15) is 5.10 Å². The van der Waals surface area contributed by atoms with Gasteiger partial charge < -0.3 is 16.8 Å². The van der Waals surface area contributed by atoms with Gasteiger partial charge in [0, 0.05) is 11.6 Å². The lowest BCUT2D eigenvalue weighted by Crippen LogP contribution is -2.19. The maximum atomic E-state index is 10.8. The molecular weight excluding hydrogens is 206 g/mol. The average Bonchev–Trinajstić information content (AvgIpc) is 2.65. The van der Waals surface area contributed by atoms with Crippen LogP contribution in [0, 0.1) is 0 Å². The van der Waals surface area contributed by atoms with Gasteiger partial charge in [0.15, 0.2) is 0 Å². The van der Waals surface area contributed by atoms with Crippen LogP contribution in [0.1, 0.15) is 0 Å². The van der Waals surface area contributed by atoms with E-state index in [-0.39, 0.29) is 0 Å². The van der Waals surface area contributed by atoms with Gasteiger partial charge in [-0.1, -0.05) is 18.2 Å². The van der Waals surface area contributed by atoms with Crippen molar-refractivity contribution in [3.63, 3.8) is 0 Å². The van der Waals surface area contributed by atoms with Gasteiger partial charge in [-0.15, -0.1) is 0 Å². The van der Waals surface area contributed by atoms with Crippen molar-refractivity contribution in [2.45, 2.75) is 0 Å². The Balaban J connectivity index is 2.43. The Bertz CT molecular complexity index is 519. The fraction of sp³-hybridized carbons (Fsp3) is 0. The fourth-order valence-corrected chi connectivity index (χ4v) is 1.43. The SMILES string of the molecule is NC(=O)Nc1ccccc1-c1cc(N)n[nH]1. The Morgan fingerprint density at radius 1 is 1.38 bits per heavy atom. The lowest BCUT2D eigenvalue weighted by Gasteiger charge is -2.06. The van der Waals surface area contributed by atoms with Crippen LogP contribution in [-0.2, 0) is 0 Å². The zero-order valence-corrected chi connectivity index (χ0v) is 8.40. The highest BCUT2D eigenvalue weighted by Crippen LogP contribution is 2.26. The molecule has 16 heavy (non-hydrogen) atoms. The molecule has 0 atom stereocenters. The van der Waals surface area contributed by atoms with E-state index in [0.29, 0.717) is 11.5 Å². The Labute approximate surface area is 91.6 Å². The van der Waals surface area contributed by atoms with E-state index in [1.807, 2.05) is 12.1 Å². The van der Waals surface area contributed by atoms with Crippen molar-refractivity contribution < 1.29 is 4.79 Å². The predicted molar refractivity (Wildman–Crippen MR) is 61.6 cm³/mol. The summed E-state index contributed by atoms with van der Waals surface area (Å²) in [5, 5.41) is 9.12. The summed E-state index contributed by atoms with van der Waals surface area (Å²) in [4.78, 5) is 10.8. The highest BCUT2D eigenvalue weighted by molar-refractivity contribution is 5.93. The second-order valence-electron chi connectivity index (χ2n) is 3.24. The van der Waals surface area contributed by atoms with Crippen LogP contribution in [-0.4, -0.2) is 16.2 Å². The molecule has 0 bridgehead atoms. The number of nitrogen functional groups attached to an aromatic ring is 1. The first-order valence-electron chi connectivity index (χ1n) is 4.63. The molecule has 0 fully saturated rings. The molecular formula is C10H11N5O. The topological polar surface area (TPSA) is 110 Å². The molecule has 82 valence electrons. The van der Waals surface area contributed by atoms with E-state index in [9.17, 15) is 4.79 Å². The van der Waals surface area contributed by atoms with E-state index in [4.69, 9.17) is 11.5 Å². The molecule has 1 aromatic heterocycles. The number of hydrogen-bond acceptors (Lipinski definition) is 3. The minimum atomic E-state index is -0.611. The second-order valence-corrected chi connectivity index (χ2v) is 3.24. The number of amides is 2. The molecule has 2 aromatic rings. The van der Waals surface area contributed by atoms with Crippen LogP contribution in [0.15, 0.2) is 30.3 Å². The van der Waals surface area contributed by atoms with E-state index in [0.717, 1.165) is 11.3 Å². The second kappa shape index (κ2) is 3.93. The first kappa shape index (κ1) is 10.0. The smallest absolute Gasteiger partial charge is 0.316 e. The molecule has 0 spiro atoms. The summed E-state index contributed by atoms with van der Waals surface area (Å²) in [7, 11) is 0. The summed E-state index contributed by atoms with van der Waals surface area (Å²) in [6.45, 7) is 0. The number of H-pyrrole nitrogens is 1. The van der Waals surface area contributed by atoms with Crippen LogP contribution in [0.4, 0.5) is 16.3 Å². The summed E-state index contributed by atoms with van der Waals surface area (Å²) in [6, 6.07) is 8.30. The van der Waals surface area contributed by atoms with Gasteiger partial charge in [0.25, 0.3) is 0 Å². The Morgan fingerprint density at radius 2 is 2.12 bits per heavy atom. The molecule has 1 heterocycles.